The van der Waals surface area contributed by atoms with Crippen LogP contribution in [0.2, 0.25) is 10.0 Å². The number of rotatable bonds is 5. The summed E-state index contributed by atoms with van der Waals surface area (Å²) in [5.74, 6) is -0.399. The zero-order chi connectivity index (χ0) is 15.6. The molecule has 0 aliphatic heterocycles. The first kappa shape index (κ1) is 16.3. The van der Waals surface area contributed by atoms with Crippen LogP contribution in [0.15, 0.2) is 18.2 Å². The average Bonchev–Trinajstić information content (AvgIpc) is 2.75. The highest BCUT2D eigenvalue weighted by Crippen LogP contribution is 2.27. The molecule has 114 valence electrons. The van der Waals surface area contributed by atoms with Gasteiger partial charge in [0.25, 0.3) is 0 Å². The van der Waals surface area contributed by atoms with Crippen molar-refractivity contribution in [2.24, 2.45) is 5.73 Å². The van der Waals surface area contributed by atoms with Gasteiger partial charge in [-0.2, -0.15) is 5.10 Å². The Labute approximate surface area is 133 Å². The van der Waals surface area contributed by atoms with Crippen LogP contribution in [-0.4, -0.2) is 9.78 Å². The Morgan fingerprint density at radius 1 is 1.33 bits per heavy atom. The highest BCUT2D eigenvalue weighted by atomic mass is 35.5. The van der Waals surface area contributed by atoms with E-state index in [0.29, 0.717) is 28.6 Å². The van der Waals surface area contributed by atoms with Gasteiger partial charge < -0.3 is 5.73 Å². The van der Waals surface area contributed by atoms with Gasteiger partial charge in [-0.15, -0.1) is 0 Å². The molecule has 6 heteroatoms. The Hall–Kier alpha value is -1.10. The van der Waals surface area contributed by atoms with E-state index in [1.165, 1.54) is 6.07 Å². The van der Waals surface area contributed by atoms with E-state index in [2.05, 4.69) is 5.10 Å². The van der Waals surface area contributed by atoms with Crippen LogP contribution in [0.5, 0.6) is 0 Å². The molecule has 2 rings (SSSR count). The van der Waals surface area contributed by atoms with E-state index < -0.39 is 11.9 Å². The van der Waals surface area contributed by atoms with Crippen molar-refractivity contribution in [1.82, 2.24) is 9.78 Å². The third-order valence-corrected chi connectivity index (χ3v) is 4.14. The van der Waals surface area contributed by atoms with E-state index in [1.54, 1.807) is 12.1 Å². The van der Waals surface area contributed by atoms with E-state index in [9.17, 15) is 4.39 Å². The van der Waals surface area contributed by atoms with Gasteiger partial charge in [0.15, 0.2) is 0 Å². The Morgan fingerprint density at radius 2 is 2.05 bits per heavy atom. The smallest absolute Gasteiger partial charge is 0.129 e. The molecule has 2 aromatic rings. The Balaban J connectivity index is 2.31. The molecule has 0 saturated carbocycles. The van der Waals surface area contributed by atoms with Gasteiger partial charge >= 0.3 is 0 Å². The first-order valence-corrected chi connectivity index (χ1v) is 7.68. The summed E-state index contributed by atoms with van der Waals surface area (Å²) in [7, 11) is 0. The summed E-state index contributed by atoms with van der Waals surface area (Å²) in [6.07, 6.45) is 1.18. The molecule has 0 aliphatic rings. The Kier molecular flexibility index (Phi) is 5.25. The quantitative estimate of drug-likeness (QED) is 0.895. The second-order valence-corrected chi connectivity index (χ2v) is 5.67. The first-order chi connectivity index (χ1) is 9.97. The van der Waals surface area contributed by atoms with E-state index in [1.807, 2.05) is 18.5 Å². The summed E-state index contributed by atoms with van der Waals surface area (Å²) in [6, 6.07) is 4.03. The van der Waals surface area contributed by atoms with Gasteiger partial charge in [-0.3, -0.25) is 4.68 Å². The number of benzene rings is 1. The molecule has 1 unspecified atom stereocenters. The monoisotopic (exact) mass is 329 g/mol. The lowest BCUT2D eigenvalue weighted by atomic mass is 10.0. The molecule has 1 aromatic heterocycles. The van der Waals surface area contributed by atoms with Crippen molar-refractivity contribution in [3.63, 3.8) is 0 Å². The fourth-order valence-electron chi connectivity index (χ4n) is 2.33. The van der Waals surface area contributed by atoms with E-state index in [-0.39, 0.29) is 0 Å². The lowest BCUT2D eigenvalue weighted by molar-refractivity contribution is 0.555. The predicted octanol–water partition coefficient (Wildman–Crippen LogP) is 4.15. The van der Waals surface area contributed by atoms with Crippen molar-refractivity contribution in [2.45, 2.75) is 39.3 Å². The number of aromatic nitrogens is 2. The third-order valence-electron chi connectivity index (χ3n) is 3.47. The highest BCUT2D eigenvalue weighted by Gasteiger charge is 2.19. The second-order valence-electron chi connectivity index (χ2n) is 4.85. The Bertz CT molecular complexity index is 640. The molecule has 0 fully saturated rings. The van der Waals surface area contributed by atoms with Gasteiger partial charge in [0.2, 0.25) is 0 Å². The van der Waals surface area contributed by atoms with Crippen LogP contribution in [0, 0.1) is 5.82 Å². The fourth-order valence-corrected chi connectivity index (χ4v) is 2.84. The largest absolute Gasteiger partial charge is 0.324 e. The van der Waals surface area contributed by atoms with Gasteiger partial charge in [-0.1, -0.05) is 36.2 Å². The van der Waals surface area contributed by atoms with Crippen LogP contribution in [0.3, 0.4) is 0 Å². The standard InChI is InChI=1S/C15H18Cl2FN3/c1-3-13-15(17)14(21(4-2)20-13)8-12(19)10-6-5-9(16)7-11(10)18/h5-7,12H,3-4,8,19H2,1-2H3. The molecule has 21 heavy (non-hydrogen) atoms. The zero-order valence-electron chi connectivity index (χ0n) is 12.0. The summed E-state index contributed by atoms with van der Waals surface area (Å²) in [5.41, 5.74) is 8.26. The molecule has 1 heterocycles. The van der Waals surface area contributed by atoms with Gasteiger partial charge in [0.1, 0.15) is 5.82 Å². The van der Waals surface area contributed by atoms with Crippen molar-refractivity contribution in [1.29, 1.82) is 0 Å². The molecule has 3 nitrogen and oxygen atoms in total. The van der Waals surface area contributed by atoms with Gasteiger partial charge in [0.05, 0.1) is 16.4 Å². The van der Waals surface area contributed by atoms with Crippen LogP contribution in [-0.2, 0) is 19.4 Å². The molecule has 0 amide bonds. The summed E-state index contributed by atoms with van der Waals surface area (Å²) >= 11 is 12.1. The SMILES string of the molecule is CCc1nn(CC)c(CC(N)c2ccc(Cl)cc2F)c1Cl. The lowest BCUT2D eigenvalue weighted by Crippen LogP contribution is -2.17. The minimum Gasteiger partial charge on any atom is -0.324 e. The van der Waals surface area contributed by atoms with Crippen molar-refractivity contribution in [2.75, 3.05) is 0 Å². The van der Waals surface area contributed by atoms with Crippen molar-refractivity contribution in [3.05, 3.63) is 51.0 Å². The first-order valence-electron chi connectivity index (χ1n) is 6.92. The lowest BCUT2D eigenvalue weighted by Gasteiger charge is -2.14. The average molecular weight is 330 g/mol. The molecule has 2 N–H and O–H groups in total. The van der Waals surface area contributed by atoms with Crippen molar-refractivity contribution >= 4 is 23.2 Å². The van der Waals surface area contributed by atoms with E-state index in [0.717, 1.165) is 17.8 Å². The topological polar surface area (TPSA) is 43.8 Å². The molecule has 0 spiro atoms. The maximum absolute atomic E-state index is 13.9. The number of hydrogen-bond donors (Lipinski definition) is 1. The maximum Gasteiger partial charge on any atom is 0.129 e. The van der Waals surface area contributed by atoms with Gasteiger partial charge in [-0.25, -0.2) is 4.39 Å². The summed E-state index contributed by atoms with van der Waals surface area (Å²) < 4.78 is 15.8. The second kappa shape index (κ2) is 6.77. The number of nitrogens with zero attached hydrogens (tertiary/aromatic N) is 2. The zero-order valence-corrected chi connectivity index (χ0v) is 13.5. The number of halogens is 3. The van der Waals surface area contributed by atoms with Gasteiger partial charge in [0, 0.05) is 29.6 Å². The molecule has 0 saturated heterocycles. The van der Waals surface area contributed by atoms with Crippen LogP contribution < -0.4 is 5.73 Å². The summed E-state index contributed by atoms with van der Waals surface area (Å²) in [4.78, 5) is 0. The third kappa shape index (κ3) is 3.39. The number of nitrogens with two attached hydrogens (primary N) is 1. The summed E-state index contributed by atoms with van der Waals surface area (Å²) in [5, 5.41) is 5.43. The highest BCUT2D eigenvalue weighted by molar-refractivity contribution is 6.32. The molecule has 0 bridgehead atoms. The van der Waals surface area contributed by atoms with Crippen molar-refractivity contribution < 1.29 is 4.39 Å². The molecular weight excluding hydrogens is 312 g/mol. The maximum atomic E-state index is 13.9. The normalized spacial score (nSPS) is 12.7. The molecule has 0 radical (unpaired) electrons. The summed E-state index contributed by atoms with van der Waals surface area (Å²) in [6.45, 7) is 4.68. The molecule has 1 atom stereocenters. The number of hydrogen-bond acceptors (Lipinski definition) is 2. The van der Waals surface area contributed by atoms with Crippen molar-refractivity contribution in [3.8, 4) is 0 Å². The predicted molar refractivity (Wildman–Crippen MR) is 84.3 cm³/mol. The number of aryl methyl sites for hydroxylation is 2. The minimum atomic E-state index is -0.494. The van der Waals surface area contributed by atoms with Crippen LogP contribution in [0.25, 0.3) is 0 Å². The van der Waals surface area contributed by atoms with Crippen LogP contribution in [0.1, 0.15) is 36.8 Å². The van der Waals surface area contributed by atoms with Crippen LogP contribution >= 0.6 is 23.2 Å². The molecule has 1 aromatic carbocycles. The molecular formula is C15H18Cl2FN3. The minimum absolute atomic E-state index is 0.355. The fraction of sp³-hybridized carbons (Fsp3) is 0.400. The van der Waals surface area contributed by atoms with E-state index >= 15 is 0 Å². The van der Waals surface area contributed by atoms with E-state index in [4.69, 9.17) is 28.9 Å². The Morgan fingerprint density at radius 3 is 2.62 bits per heavy atom. The van der Waals surface area contributed by atoms with Crippen LogP contribution in [0.4, 0.5) is 4.39 Å². The van der Waals surface area contributed by atoms with Gasteiger partial charge in [-0.05, 0) is 25.5 Å². The molecule has 0 aliphatic carbocycles.